The fourth-order valence-corrected chi connectivity index (χ4v) is 0.924. The van der Waals surface area contributed by atoms with Gasteiger partial charge in [-0.25, -0.2) is 4.79 Å². The Morgan fingerprint density at radius 3 is 2.08 bits per heavy atom. The van der Waals surface area contributed by atoms with Crippen molar-refractivity contribution in [2.45, 2.75) is 27.2 Å². The van der Waals surface area contributed by atoms with Gasteiger partial charge in [-0.05, 0) is 20.3 Å². The number of aliphatic carboxylic acids is 1. The molecule has 0 aromatic heterocycles. The normalized spacial score (nSPS) is 11.4. The maximum Gasteiger partial charge on any atom is 0.333 e. The van der Waals surface area contributed by atoms with E-state index in [-0.39, 0.29) is 0 Å². The Morgan fingerprint density at radius 2 is 1.83 bits per heavy atom. The number of carboxylic acids is 1. The number of carboxylic acid groups (broad SMARTS) is 1. The fraction of sp³-hybridized carbons (Fsp3) is 0.667. The van der Waals surface area contributed by atoms with Crippen LogP contribution in [0.3, 0.4) is 0 Å². The van der Waals surface area contributed by atoms with Crippen LogP contribution in [0.15, 0.2) is 11.8 Å². The van der Waals surface area contributed by atoms with Gasteiger partial charge in [-0.2, -0.15) is 0 Å². The van der Waals surface area contributed by atoms with Crippen molar-refractivity contribution in [1.29, 1.82) is 0 Å². The van der Waals surface area contributed by atoms with Crippen LogP contribution in [0.1, 0.15) is 27.2 Å². The molecule has 3 heteroatoms. The monoisotopic (exact) mass is 171 g/mol. The lowest BCUT2D eigenvalue weighted by atomic mass is 10.2. The third-order valence-electron chi connectivity index (χ3n) is 1.81. The van der Waals surface area contributed by atoms with E-state index in [1.807, 2.05) is 25.7 Å². The Kier molecular flexibility index (Phi) is 5.17. The van der Waals surface area contributed by atoms with Crippen LogP contribution in [0.2, 0.25) is 0 Å². The van der Waals surface area contributed by atoms with Crippen LogP contribution in [0, 0.1) is 0 Å². The molecule has 1 N–H and O–H groups in total. The molecule has 0 heterocycles. The SMILES string of the molecule is CCC(=CN(CC)CC)C(=O)O. The zero-order valence-corrected chi connectivity index (χ0v) is 8.00. The van der Waals surface area contributed by atoms with Crippen molar-refractivity contribution in [3.63, 3.8) is 0 Å². The van der Waals surface area contributed by atoms with Crippen molar-refractivity contribution in [2.75, 3.05) is 13.1 Å². The molecule has 0 fully saturated rings. The quantitative estimate of drug-likeness (QED) is 0.640. The first kappa shape index (κ1) is 11.0. The predicted octanol–water partition coefficient (Wildman–Crippen LogP) is 1.71. The molecule has 0 aromatic carbocycles. The van der Waals surface area contributed by atoms with E-state index in [2.05, 4.69) is 0 Å². The second-order valence-electron chi connectivity index (χ2n) is 2.53. The van der Waals surface area contributed by atoms with Gasteiger partial charge in [0.25, 0.3) is 0 Å². The summed E-state index contributed by atoms with van der Waals surface area (Å²) < 4.78 is 0. The average molecular weight is 171 g/mol. The molecule has 0 amide bonds. The summed E-state index contributed by atoms with van der Waals surface area (Å²) in [6, 6.07) is 0. The number of carbonyl (C=O) groups is 1. The van der Waals surface area contributed by atoms with E-state index in [1.165, 1.54) is 0 Å². The van der Waals surface area contributed by atoms with E-state index in [1.54, 1.807) is 6.20 Å². The first-order valence-corrected chi connectivity index (χ1v) is 4.33. The minimum Gasteiger partial charge on any atom is -0.478 e. The Balaban J connectivity index is 4.34. The van der Waals surface area contributed by atoms with Gasteiger partial charge in [-0.15, -0.1) is 0 Å². The molecule has 0 aliphatic rings. The van der Waals surface area contributed by atoms with Crippen molar-refractivity contribution in [2.24, 2.45) is 0 Å². The van der Waals surface area contributed by atoms with Crippen LogP contribution in [-0.4, -0.2) is 29.1 Å². The molecule has 0 aromatic rings. The summed E-state index contributed by atoms with van der Waals surface area (Å²) in [7, 11) is 0. The summed E-state index contributed by atoms with van der Waals surface area (Å²) >= 11 is 0. The van der Waals surface area contributed by atoms with Crippen molar-refractivity contribution in [3.05, 3.63) is 11.8 Å². The number of hydrogen-bond acceptors (Lipinski definition) is 2. The minimum atomic E-state index is -0.815. The van der Waals surface area contributed by atoms with Crippen molar-refractivity contribution in [3.8, 4) is 0 Å². The van der Waals surface area contributed by atoms with Crippen LogP contribution in [0.25, 0.3) is 0 Å². The molecule has 0 atom stereocenters. The summed E-state index contributed by atoms with van der Waals surface area (Å²) in [4.78, 5) is 12.6. The molecule has 12 heavy (non-hydrogen) atoms. The molecule has 70 valence electrons. The maximum atomic E-state index is 10.6. The molecule has 0 aliphatic carbocycles. The highest BCUT2D eigenvalue weighted by Gasteiger charge is 2.05. The summed E-state index contributed by atoms with van der Waals surface area (Å²) in [6.07, 6.45) is 2.30. The zero-order valence-electron chi connectivity index (χ0n) is 8.00. The molecule has 3 nitrogen and oxygen atoms in total. The van der Waals surface area contributed by atoms with Crippen molar-refractivity contribution < 1.29 is 9.90 Å². The molecular weight excluding hydrogens is 154 g/mol. The highest BCUT2D eigenvalue weighted by molar-refractivity contribution is 5.86. The second-order valence-corrected chi connectivity index (χ2v) is 2.53. The first-order valence-electron chi connectivity index (χ1n) is 4.33. The summed E-state index contributed by atoms with van der Waals surface area (Å²) in [6.45, 7) is 7.58. The van der Waals surface area contributed by atoms with Gasteiger partial charge in [0.2, 0.25) is 0 Å². The molecule has 0 unspecified atom stereocenters. The van der Waals surface area contributed by atoms with Gasteiger partial charge in [0.15, 0.2) is 0 Å². The zero-order chi connectivity index (χ0) is 9.56. The van der Waals surface area contributed by atoms with Gasteiger partial charge < -0.3 is 10.0 Å². The molecule has 0 spiro atoms. The summed E-state index contributed by atoms with van der Waals surface area (Å²) in [5.41, 5.74) is 0.471. The molecule has 0 rings (SSSR count). The third kappa shape index (κ3) is 3.42. The van der Waals surface area contributed by atoms with Crippen LogP contribution in [0.4, 0.5) is 0 Å². The smallest absolute Gasteiger partial charge is 0.333 e. The Morgan fingerprint density at radius 1 is 1.33 bits per heavy atom. The van der Waals surface area contributed by atoms with Gasteiger partial charge in [0, 0.05) is 19.3 Å². The van der Waals surface area contributed by atoms with E-state index in [4.69, 9.17) is 5.11 Å². The topological polar surface area (TPSA) is 40.5 Å². The molecule has 0 aliphatic heterocycles. The highest BCUT2D eigenvalue weighted by atomic mass is 16.4. The number of nitrogens with zero attached hydrogens (tertiary/aromatic N) is 1. The fourth-order valence-electron chi connectivity index (χ4n) is 0.924. The van der Waals surface area contributed by atoms with E-state index in [0.29, 0.717) is 12.0 Å². The van der Waals surface area contributed by atoms with Crippen LogP contribution in [-0.2, 0) is 4.79 Å². The Hall–Kier alpha value is -0.990. The van der Waals surface area contributed by atoms with Crippen LogP contribution < -0.4 is 0 Å². The van der Waals surface area contributed by atoms with E-state index in [0.717, 1.165) is 13.1 Å². The maximum absolute atomic E-state index is 10.6. The van der Waals surface area contributed by atoms with Crippen LogP contribution >= 0.6 is 0 Å². The standard InChI is InChI=1S/C9H17NO2/c1-4-8(9(11)12)7-10(5-2)6-3/h7H,4-6H2,1-3H3,(H,11,12). The van der Waals surface area contributed by atoms with Gasteiger partial charge in [-0.1, -0.05) is 6.92 Å². The highest BCUT2D eigenvalue weighted by Crippen LogP contribution is 2.02. The van der Waals surface area contributed by atoms with Gasteiger partial charge in [-0.3, -0.25) is 0 Å². The lowest BCUT2D eigenvalue weighted by molar-refractivity contribution is -0.132. The van der Waals surface area contributed by atoms with E-state index < -0.39 is 5.97 Å². The predicted molar refractivity (Wildman–Crippen MR) is 48.9 cm³/mol. The lowest BCUT2D eigenvalue weighted by Crippen LogP contribution is -2.18. The van der Waals surface area contributed by atoms with Crippen molar-refractivity contribution in [1.82, 2.24) is 4.90 Å². The Bertz CT molecular complexity index is 171. The van der Waals surface area contributed by atoms with Crippen LogP contribution in [0.5, 0.6) is 0 Å². The Labute approximate surface area is 73.7 Å². The van der Waals surface area contributed by atoms with Gasteiger partial charge >= 0.3 is 5.97 Å². The van der Waals surface area contributed by atoms with E-state index >= 15 is 0 Å². The van der Waals surface area contributed by atoms with E-state index in [9.17, 15) is 4.79 Å². The average Bonchev–Trinajstić information content (AvgIpc) is 2.06. The van der Waals surface area contributed by atoms with Gasteiger partial charge in [0.05, 0.1) is 5.57 Å². The molecule has 0 bridgehead atoms. The molecular formula is C9H17NO2. The van der Waals surface area contributed by atoms with Gasteiger partial charge in [0.1, 0.15) is 0 Å². The largest absolute Gasteiger partial charge is 0.478 e. The number of rotatable bonds is 5. The first-order chi connectivity index (χ1) is 5.65. The molecule has 0 saturated heterocycles. The summed E-state index contributed by atoms with van der Waals surface area (Å²) in [5, 5.41) is 8.72. The third-order valence-corrected chi connectivity index (χ3v) is 1.81. The van der Waals surface area contributed by atoms with Crippen molar-refractivity contribution >= 4 is 5.97 Å². The summed E-state index contributed by atoms with van der Waals surface area (Å²) in [5.74, 6) is -0.815. The number of hydrogen-bond donors (Lipinski definition) is 1. The molecule has 0 radical (unpaired) electrons. The second kappa shape index (κ2) is 5.63. The lowest BCUT2D eigenvalue weighted by Gasteiger charge is -2.16. The molecule has 0 saturated carbocycles. The minimum absolute atomic E-state index is 0.471.